The SMILES string of the molecule is O=C(Cc1ccc(O)cc1O)N1CCNCC1. The van der Waals surface area contributed by atoms with Crippen LogP contribution >= 0.6 is 0 Å². The molecule has 17 heavy (non-hydrogen) atoms. The van der Waals surface area contributed by atoms with Crippen LogP contribution in [0.2, 0.25) is 0 Å². The Morgan fingerprint density at radius 3 is 2.65 bits per heavy atom. The van der Waals surface area contributed by atoms with Crippen molar-refractivity contribution in [2.24, 2.45) is 0 Å². The lowest BCUT2D eigenvalue weighted by atomic mass is 10.1. The molecular weight excluding hydrogens is 220 g/mol. The van der Waals surface area contributed by atoms with Crippen molar-refractivity contribution < 1.29 is 15.0 Å². The summed E-state index contributed by atoms with van der Waals surface area (Å²) in [7, 11) is 0. The number of rotatable bonds is 2. The molecule has 1 heterocycles. The van der Waals surface area contributed by atoms with Gasteiger partial charge in [-0.25, -0.2) is 0 Å². The van der Waals surface area contributed by atoms with E-state index in [4.69, 9.17) is 5.11 Å². The molecule has 1 aliphatic rings. The predicted molar refractivity (Wildman–Crippen MR) is 62.9 cm³/mol. The van der Waals surface area contributed by atoms with E-state index in [2.05, 4.69) is 5.32 Å². The summed E-state index contributed by atoms with van der Waals surface area (Å²) in [5, 5.41) is 21.9. The molecule has 1 amide bonds. The second kappa shape index (κ2) is 5.05. The minimum Gasteiger partial charge on any atom is -0.508 e. The first-order valence-electron chi connectivity index (χ1n) is 5.66. The van der Waals surface area contributed by atoms with Gasteiger partial charge in [-0.3, -0.25) is 4.79 Å². The maximum atomic E-state index is 11.9. The van der Waals surface area contributed by atoms with Gasteiger partial charge in [-0.05, 0) is 6.07 Å². The molecule has 0 atom stereocenters. The van der Waals surface area contributed by atoms with Crippen molar-refractivity contribution in [3.8, 4) is 11.5 Å². The van der Waals surface area contributed by atoms with E-state index >= 15 is 0 Å². The van der Waals surface area contributed by atoms with Crippen molar-refractivity contribution in [1.29, 1.82) is 0 Å². The molecule has 0 spiro atoms. The van der Waals surface area contributed by atoms with Crippen molar-refractivity contribution in [2.75, 3.05) is 26.2 Å². The molecule has 1 fully saturated rings. The number of piperazine rings is 1. The summed E-state index contributed by atoms with van der Waals surface area (Å²) in [5.74, 6) is -0.0261. The number of carbonyl (C=O) groups excluding carboxylic acids is 1. The number of aromatic hydroxyl groups is 2. The molecule has 2 rings (SSSR count). The van der Waals surface area contributed by atoms with Crippen LogP contribution in [0.3, 0.4) is 0 Å². The largest absolute Gasteiger partial charge is 0.508 e. The number of nitrogens with one attached hydrogen (secondary N) is 1. The highest BCUT2D eigenvalue weighted by Crippen LogP contribution is 2.23. The number of carbonyl (C=O) groups is 1. The van der Waals surface area contributed by atoms with Crippen LogP contribution in [0.15, 0.2) is 18.2 Å². The Bertz CT molecular complexity index is 414. The molecule has 1 aliphatic heterocycles. The lowest BCUT2D eigenvalue weighted by Crippen LogP contribution is -2.46. The summed E-state index contributed by atoms with van der Waals surface area (Å²) >= 11 is 0. The third kappa shape index (κ3) is 2.88. The molecule has 0 radical (unpaired) electrons. The smallest absolute Gasteiger partial charge is 0.227 e. The number of nitrogens with zero attached hydrogens (tertiary/aromatic N) is 1. The zero-order valence-corrected chi connectivity index (χ0v) is 9.52. The minimum absolute atomic E-state index is 0.000807. The lowest BCUT2D eigenvalue weighted by Gasteiger charge is -2.27. The van der Waals surface area contributed by atoms with Crippen LogP contribution in [-0.4, -0.2) is 47.2 Å². The Morgan fingerprint density at radius 2 is 2.00 bits per heavy atom. The van der Waals surface area contributed by atoms with Crippen molar-refractivity contribution in [3.63, 3.8) is 0 Å². The topological polar surface area (TPSA) is 72.8 Å². The van der Waals surface area contributed by atoms with Gasteiger partial charge >= 0.3 is 0 Å². The molecule has 1 aromatic rings. The fourth-order valence-electron chi connectivity index (χ4n) is 1.89. The average molecular weight is 236 g/mol. The molecule has 3 N–H and O–H groups in total. The maximum absolute atomic E-state index is 11.9. The molecule has 0 aliphatic carbocycles. The number of hydrogen-bond acceptors (Lipinski definition) is 4. The Hall–Kier alpha value is -1.75. The zero-order valence-electron chi connectivity index (χ0n) is 9.52. The highest BCUT2D eigenvalue weighted by molar-refractivity contribution is 5.79. The Labute approximate surface area is 99.7 Å². The van der Waals surface area contributed by atoms with Gasteiger partial charge in [0, 0.05) is 37.8 Å². The summed E-state index contributed by atoms with van der Waals surface area (Å²) < 4.78 is 0. The Kier molecular flexibility index (Phi) is 3.49. The first kappa shape index (κ1) is 11.7. The molecule has 1 aromatic carbocycles. The molecule has 0 unspecified atom stereocenters. The number of benzene rings is 1. The minimum atomic E-state index is -0.0338. The zero-order chi connectivity index (χ0) is 12.3. The Balaban J connectivity index is 2.02. The van der Waals surface area contributed by atoms with Crippen LogP contribution in [0.25, 0.3) is 0 Å². The van der Waals surface area contributed by atoms with Gasteiger partial charge < -0.3 is 20.4 Å². The van der Waals surface area contributed by atoms with E-state index in [0.717, 1.165) is 13.1 Å². The standard InChI is InChI=1S/C12H16N2O3/c15-10-2-1-9(11(16)8-10)7-12(17)14-5-3-13-4-6-14/h1-2,8,13,15-16H,3-7H2. The first-order valence-corrected chi connectivity index (χ1v) is 5.66. The van der Waals surface area contributed by atoms with E-state index in [1.165, 1.54) is 12.1 Å². The van der Waals surface area contributed by atoms with Crippen molar-refractivity contribution in [3.05, 3.63) is 23.8 Å². The van der Waals surface area contributed by atoms with Gasteiger partial charge in [0.05, 0.1) is 6.42 Å². The van der Waals surface area contributed by atoms with Gasteiger partial charge in [-0.2, -0.15) is 0 Å². The third-order valence-electron chi connectivity index (χ3n) is 2.88. The molecule has 0 saturated carbocycles. The van der Waals surface area contributed by atoms with Crippen LogP contribution in [0, 0.1) is 0 Å². The van der Waals surface area contributed by atoms with Crippen molar-refractivity contribution >= 4 is 5.91 Å². The van der Waals surface area contributed by atoms with Gasteiger partial charge in [-0.1, -0.05) is 6.07 Å². The van der Waals surface area contributed by atoms with E-state index in [9.17, 15) is 9.90 Å². The van der Waals surface area contributed by atoms with Gasteiger partial charge in [-0.15, -0.1) is 0 Å². The molecule has 5 heteroatoms. The molecule has 5 nitrogen and oxygen atoms in total. The van der Waals surface area contributed by atoms with Crippen LogP contribution in [0.5, 0.6) is 11.5 Å². The van der Waals surface area contributed by atoms with Crippen molar-refractivity contribution in [1.82, 2.24) is 10.2 Å². The van der Waals surface area contributed by atoms with Gasteiger partial charge in [0.2, 0.25) is 5.91 Å². The first-order chi connectivity index (χ1) is 8.16. The van der Waals surface area contributed by atoms with Crippen LogP contribution in [-0.2, 0) is 11.2 Å². The number of hydrogen-bond donors (Lipinski definition) is 3. The average Bonchev–Trinajstić information content (AvgIpc) is 2.34. The van der Waals surface area contributed by atoms with E-state index < -0.39 is 0 Å². The summed E-state index contributed by atoms with van der Waals surface area (Å²) in [4.78, 5) is 13.7. The normalized spacial score (nSPS) is 15.9. The molecule has 0 bridgehead atoms. The van der Waals surface area contributed by atoms with Crippen LogP contribution in [0.1, 0.15) is 5.56 Å². The second-order valence-corrected chi connectivity index (χ2v) is 4.12. The molecular formula is C12H16N2O3. The third-order valence-corrected chi connectivity index (χ3v) is 2.88. The van der Waals surface area contributed by atoms with E-state index in [1.807, 2.05) is 0 Å². The maximum Gasteiger partial charge on any atom is 0.227 e. The summed E-state index contributed by atoms with van der Waals surface area (Å²) in [6.07, 6.45) is 0.173. The summed E-state index contributed by atoms with van der Waals surface area (Å²) in [6, 6.07) is 4.30. The van der Waals surface area contributed by atoms with Gasteiger partial charge in [0.1, 0.15) is 11.5 Å². The number of phenolic OH excluding ortho intramolecular Hbond substituents is 2. The van der Waals surface area contributed by atoms with E-state index in [-0.39, 0.29) is 23.8 Å². The van der Waals surface area contributed by atoms with Gasteiger partial charge in [0.25, 0.3) is 0 Å². The second-order valence-electron chi connectivity index (χ2n) is 4.12. The highest BCUT2D eigenvalue weighted by atomic mass is 16.3. The molecule has 0 aromatic heterocycles. The van der Waals surface area contributed by atoms with Gasteiger partial charge in [0.15, 0.2) is 0 Å². The van der Waals surface area contributed by atoms with Crippen molar-refractivity contribution in [2.45, 2.75) is 6.42 Å². The van der Waals surface area contributed by atoms with Crippen LogP contribution < -0.4 is 5.32 Å². The lowest BCUT2D eigenvalue weighted by molar-refractivity contribution is -0.131. The number of amides is 1. The fraction of sp³-hybridized carbons (Fsp3) is 0.417. The fourth-order valence-corrected chi connectivity index (χ4v) is 1.89. The molecule has 1 saturated heterocycles. The Morgan fingerprint density at radius 1 is 1.29 bits per heavy atom. The predicted octanol–water partition coefficient (Wildman–Crippen LogP) is 0.0721. The van der Waals surface area contributed by atoms with E-state index in [0.29, 0.717) is 18.7 Å². The van der Waals surface area contributed by atoms with Crippen LogP contribution in [0.4, 0.5) is 0 Å². The molecule has 92 valence electrons. The van der Waals surface area contributed by atoms with E-state index in [1.54, 1.807) is 11.0 Å². The summed E-state index contributed by atoms with van der Waals surface area (Å²) in [5.41, 5.74) is 0.548. The quantitative estimate of drug-likeness (QED) is 0.679. The number of phenols is 2. The monoisotopic (exact) mass is 236 g/mol. The summed E-state index contributed by atoms with van der Waals surface area (Å²) in [6.45, 7) is 3.04. The highest BCUT2D eigenvalue weighted by Gasteiger charge is 2.17.